The van der Waals surface area contributed by atoms with Gasteiger partial charge in [0.25, 0.3) is 0 Å². The minimum Gasteiger partial charge on any atom is -0.481 e. The van der Waals surface area contributed by atoms with Gasteiger partial charge < -0.3 is 10.5 Å². The number of hydrogen-bond donors (Lipinski definition) is 2. The Balaban J connectivity index is 1.85. The largest absolute Gasteiger partial charge is 0.481 e. The number of sulfone groups is 1. The second kappa shape index (κ2) is 8.45. The van der Waals surface area contributed by atoms with Crippen molar-refractivity contribution in [2.24, 2.45) is 5.92 Å². The first-order valence-electron chi connectivity index (χ1n) is 9.68. The zero-order chi connectivity index (χ0) is 23.0. The van der Waals surface area contributed by atoms with E-state index in [0.717, 1.165) is 31.4 Å². The summed E-state index contributed by atoms with van der Waals surface area (Å²) in [5.41, 5.74) is -0.708. The fourth-order valence-electron chi connectivity index (χ4n) is 3.55. The molecular formula is C20H22F3N3O4S. The van der Waals surface area contributed by atoms with Crippen LogP contribution < -0.4 is 0 Å². The van der Waals surface area contributed by atoms with Crippen LogP contribution in [0.1, 0.15) is 48.7 Å². The highest BCUT2D eigenvalue weighted by Gasteiger charge is 2.38. The summed E-state index contributed by atoms with van der Waals surface area (Å²) in [6.45, 7) is 1.71. The smallest absolute Gasteiger partial charge is 0.417 e. The van der Waals surface area contributed by atoms with Gasteiger partial charge >= 0.3 is 12.1 Å². The average molecular weight is 457 g/mol. The van der Waals surface area contributed by atoms with E-state index in [-0.39, 0.29) is 11.8 Å². The van der Waals surface area contributed by atoms with Gasteiger partial charge in [-0.05, 0) is 50.8 Å². The molecule has 0 saturated heterocycles. The molecule has 1 atom stereocenters. The molecule has 1 aliphatic carbocycles. The normalized spacial score (nSPS) is 16.0. The first-order chi connectivity index (χ1) is 14.4. The molecule has 11 heteroatoms. The van der Waals surface area contributed by atoms with Crippen LogP contribution in [-0.2, 0) is 20.8 Å². The maximum Gasteiger partial charge on any atom is 0.417 e. The van der Waals surface area contributed by atoms with Crippen molar-refractivity contribution in [2.75, 3.05) is 5.75 Å². The summed E-state index contributed by atoms with van der Waals surface area (Å²) >= 11 is 0. The molecule has 0 bridgehead atoms. The number of aliphatic carboxylic acids is 1. The lowest BCUT2D eigenvalue weighted by atomic mass is 9.92. The summed E-state index contributed by atoms with van der Waals surface area (Å²) in [5.74, 6) is -3.75. The summed E-state index contributed by atoms with van der Waals surface area (Å²) in [7, 11) is -4.44. The van der Waals surface area contributed by atoms with Crippen molar-refractivity contribution in [2.45, 2.75) is 49.7 Å². The third-order valence-corrected chi connectivity index (χ3v) is 7.20. The van der Waals surface area contributed by atoms with Gasteiger partial charge in [0.05, 0.1) is 39.4 Å². The van der Waals surface area contributed by atoms with Crippen LogP contribution in [0.3, 0.4) is 0 Å². The van der Waals surface area contributed by atoms with Gasteiger partial charge in [-0.25, -0.2) is 8.42 Å². The maximum atomic E-state index is 13.2. The lowest BCUT2D eigenvalue weighted by Gasteiger charge is -2.28. The Kier molecular flexibility index (Phi) is 6.26. The minimum atomic E-state index is -4.87. The number of carbonyl (C=O) groups is 1. The number of aryl methyl sites for hydroxylation is 1. The second-order valence-electron chi connectivity index (χ2n) is 7.61. The number of benzene rings is 1. The molecule has 168 valence electrons. The van der Waals surface area contributed by atoms with Gasteiger partial charge in [0.1, 0.15) is 5.92 Å². The molecular weight excluding hydrogens is 435 g/mol. The zero-order valence-corrected chi connectivity index (χ0v) is 17.5. The standard InChI is InChI=1S/C20H22F3N3O4S/c1-12-11-16(26(25-12)13-5-4-6-13)18(24)14(19(27)28)9-10-31(29,30)17-8-3-2-7-15(17)20(21,22)23/h2-3,7-8,11,13-14,24H,4-6,9-10H2,1H3,(H,27,28). The molecule has 1 aliphatic rings. The Morgan fingerprint density at radius 3 is 2.52 bits per heavy atom. The molecule has 0 amide bonds. The molecule has 31 heavy (non-hydrogen) atoms. The van der Waals surface area contributed by atoms with E-state index in [9.17, 15) is 31.5 Å². The first-order valence-corrected chi connectivity index (χ1v) is 11.3. The molecule has 2 aromatic rings. The van der Waals surface area contributed by atoms with Crippen molar-refractivity contribution in [1.29, 1.82) is 5.41 Å². The molecule has 0 aliphatic heterocycles. The fraction of sp³-hybridized carbons (Fsp3) is 0.450. The zero-order valence-electron chi connectivity index (χ0n) is 16.7. The molecule has 1 saturated carbocycles. The number of aromatic nitrogens is 2. The third-order valence-electron chi connectivity index (χ3n) is 5.40. The third kappa shape index (κ3) is 4.81. The molecule has 1 unspecified atom stereocenters. The molecule has 1 aromatic carbocycles. The summed E-state index contributed by atoms with van der Waals surface area (Å²) < 4.78 is 66.5. The van der Waals surface area contributed by atoms with Crippen LogP contribution in [0.25, 0.3) is 0 Å². The lowest BCUT2D eigenvalue weighted by Crippen LogP contribution is -2.30. The van der Waals surface area contributed by atoms with Crippen LogP contribution in [0.15, 0.2) is 35.2 Å². The molecule has 1 fully saturated rings. The quantitative estimate of drug-likeness (QED) is 0.585. The van der Waals surface area contributed by atoms with Crippen LogP contribution in [0.2, 0.25) is 0 Å². The predicted molar refractivity (Wildman–Crippen MR) is 106 cm³/mol. The minimum absolute atomic E-state index is 0.0564. The van der Waals surface area contributed by atoms with Crippen LogP contribution >= 0.6 is 0 Å². The van der Waals surface area contributed by atoms with Gasteiger partial charge in [0, 0.05) is 0 Å². The average Bonchev–Trinajstić information content (AvgIpc) is 3.00. The highest BCUT2D eigenvalue weighted by molar-refractivity contribution is 7.91. The van der Waals surface area contributed by atoms with E-state index in [1.165, 1.54) is 6.07 Å². The molecule has 3 rings (SSSR count). The van der Waals surface area contributed by atoms with Gasteiger partial charge in [-0.3, -0.25) is 9.48 Å². The Morgan fingerprint density at radius 2 is 1.97 bits per heavy atom. The van der Waals surface area contributed by atoms with Crippen molar-refractivity contribution < 1.29 is 31.5 Å². The van der Waals surface area contributed by atoms with E-state index in [4.69, 9.17) is 5.41 Å². The van der Waals surface area contributed by atoms with E-state index >= 15 is 0 Å². The van der Waals surface area contributed by atoms with E-state index in [2.05, 4.69) is 5.10 Å². The van der Waals surface area contributed by atoms with E-state index in [0.29, 0.717) is 17.5 Å². The topological polar surface area (TPSA) is 113 Å². The Labute approximate surface area is 177 Å². The molecule has 1 aromatic heterocycles. The van der Waals surface area contributed by atoms with E-state index < -0.39 is 50.5 Å². The predicted octanol–water partition coefficient (Wildman–Crippen LogP) is 3.87. The van der Waals surface area contributed by atoms with Crippen molar-refractivity contribution in [3.8, 4) is 0 Å². The Hall–Kier alpha value is -2.69. The van der Waals surface area contributed by atoms with E-state index in [1.54, 1.807) is 17.7 Å². The van der Waals surface area contributed by atoms with Crippen LogP contribution in [0.4, 0.5) is 13.2 Å². The van der Waals surface area contributed by atoms with Gasteiger partial charge in [-0.2, -0.15) is 18.3 Å². The molecule has 2 N–H and O–H groups in total. The number of halogens is 3. The van der Waals surface area contributed by atoms with Crippen molar-refractivity contribution in [1.82, 2.24) is 9.78 Å². The number of carboxylic acid groups (broad SMARTS) is 1. The first kappa shape index (κ1) is 23.0. The number of nitrogens with zero attached hydrogens (tertiary/aromatic N) is 2. The highest BCUT2D eigenvalue weighted by atomic mass is 32.2. The number of hydrogen-bond acceptors (Lipinski definition) is 5. The number of rotatable bonds is 8. The summed E-state index contributed by atoms with van der Waals surface area (Å²) in [4.78, 5) is 10.9. The van der Waals surface area contributed by atoms with Crippen LogP contribution in [0.5, 0.6) is 0 Å². The van der Waals surface area contributed by atoms with Crippen LogP contribution in [-0.4, -0.2) is 40.7 Å². The SMILES string of the molecule is Cc1cc(C(=N)C(CCS(=O)(=O)c2ccccc2C(F)(F)F)C(=O)O)n(C2CCC2)n1. The Bertz CT molecular complexity index is 1110. The maximum absolute atomic E-state index is 13.2. The van der Waals surface area contributed by atoms with Gasteiger partial charge in [0.2, 0.25) is 0 Å². The van der Waals surface area contributed by atoms with Crippen molar-refractivity contribution >= 4 is 21.5 Å². The number of alkyl halides is 3. The number of carboxylic acids is 1. The molecule has 0 radical (unpaired) electrons. The highest BCUT2D eigenvalue weighted by Crippen LogP contribution is 2.35. The van der Waals surface area contributed by atoms with Gasteiger partial charge in [0.15, 0.2) is 9.84 Å². The summed E-state index contributed by atoms with van der Waals surface area (Å²) in [6.07, 6.45) is -2.70. The van der Waals surface area contributed by atoms with Crippen LogP contribution in [0, 0.1) is 18.3 Å². The monoisotopic (exact) mass is 457 g/mol. The number of nitrogens with one attached hydrogen (secondary N) is 1. The lowest BCUT2D eigenvalue weighted by molar-refractivity contribution is -0.140. The molecule has 0 spiro atoms. The van der Waals surface area contributed by atoms with Gasteiger partial charge in [-0.1, -0.05) is 12.1 Å². The fourth-order valence-corrected chi connectivity index (χ4v) is 5.12. The molecule has 1 heterocycles. The van der Waals surface area contributed by atoms with E-state index in [1.807, 2.05) is 0 Å². The second-order valence-corrected chi connectivity index (χ2v) is 9.68. The Morgan fingerprint density at radius 1 is 1.32 bits per heavy atom. The van der Waals surface area contributed by atoms with Crippen molar-refractivity contribution in [3.63, 3.8) is 0 Å². The van der Waals surface area contributed by atoms with Gasteiger partial charge in [-0.15, -0.1) is 0 Å². The molecule has 7 nitrogen and oxygen atoms in total. The van der Waals surface area contributed by atoms with Crippen molar-refractivity contribution in [3.05, 3.63) is 47.3 Å². The summed E-state index contributed by atoms with van der Waals surface area (Å²) in [5, 5.41) is 22.4. The summed E-state index contributed by atoms with van der Waals surface area (Å²) in [6, 6.07) is 5.42.